The van der Waals surface area contributed by atoms with E-state index in [1.54, 1.807) is 29.2 Å². The largest absolute Gasteiger partial charge is 0.342 e. The smallest absolute Gasteiger partial charge is 0.238 e. The molecule has 0 saturated carbocycles. The third-order valence-electron chi connectivity index (χ3n) is 2.81. The molecule has 0 heterocycles. The van der Waals surface area contributed by atoms with Crippen LogP contribution in [-0.2, 0) is 9.59 Å². The van der Waals surface area contributed by atoms with Crippen molar-refractivity contribution >= 4 is 29.1 Å². The first kappa shape index (κ1) is 16.5. The fraction of sp³-hybridized carbons (Fsp3) is 0.429. The van der Waals surface area contributed by atoms with Crippen LogP contribution < -0.4 is 10.6 Å². The molecule has 2 amide bonds. The monoisotopic (exact) mass is 297 g/mol. The van der Waals surface area contributed by atoms with Gasteiger partial charge in [-0.25, -0.2) is 0 Å². The van der Waals surface area contributed by atoms with E-state index in [0.29, 0.717) is 23.8 Å². The van der Waals surface area contributed by atoms with E-state index in [9.17, 15) is 9.59 Å². The first-order chi connectivity index (χ1) is 9.56. The zero-order chi connectivity index (χ0) is 15.0. The Balaban J connectivity index is 2.30. The quantitative estimate of drug-likeness (QED) is 0.806. The summed E-state index contributed by atoms with van der Waals surface area (Å²) in [6.07, 6.45) is 0. The molecule has 0 aliphatic carbocycles. The molecule has 1 rings (SSSR count). The second kappa shape index (κ2) is 8.55. The fourth-order valence-electron chi connectivity index (χ4n) is 1.71. The lowest BCUT2D eigenvalue weighted by Crippen LogP contribution is -2.40. The van der Waals surface area contributed by atoms with Crippen molar-refractivity contribution in [2.75, 3.05) is 31.5 Å². The fourth-order valence-corrected chi connectivity index (χ4v) is 1.84. The van der Waals surface area contributed by atoms with Gasteiger partial charge in [0.1, 0.15) is 0 Å². The molecule has 0 atom stereocenters. The number of nitrogens with zero attached hydrogens (tertiary/aromatic N) is 1. The van der Waals surface area contributed by atoms with Crippen molar-refractivity contribution < 1.29 is 9.59 Å². The molecule has 0 fully saturated rings. The van der Waals surface area contributed by atoms with Crippen LogP contribution in [0.2, 0.25) is 5.02 Å². The average Bonchev–Trinajstić information content (AvgIpc) is 2.43. The summed E-state index contributed by atoms with van der Waals surface area (Å²) in [5.74, 6) is -0.200. The Morgan fingerprint density at radius 1 is 1.10 bits per heavy atom. The van der Waals surface area contributed by atoms with Crippen molar-refractivity contribution in [3.63, 3.8) is 0 Å². The summed E-state index contributed by atoms with van der Waals surface area (Å²) in [5.41, 5.74) is 0.677. The third kappa shape index (κ3) is 5.59. The van der Waals surface area contributed by atoms with E-state index in [1.165, 1.54) is 0 Å². The SMILES string of the molecule is CCN(CC)C(=O)CNCC(=O)Nc1ccc(Cl)cc1. The van der Waals surface area contributed by atoms with Gasteiger partial charge in [0.05, 0.1) is 13.1 Å². The van der Waals surface area contributed by atoms with Crippen LogP contribution in [0.4, 0.5) is 5.69 Å². The van der Waals surface area contributed by atoms with Gasteiger partial charge in [-0.3, -0.25) is 14.9 Å². The van der Waals surface area contributed by atoms with Crippen LogP contribution in [0.25, 0.3) is 0 Å². The van der Waals surface area contributed by atoms with Gasteiger partial charge in [-0.2, -0.15) is 0 Å². The second-order valence-electron chi connectivity index (χ2n) is 4.22. The van der Waals surface area contributed by atoms with E-state index in [0.717, 1.165) is 0 Å². The number of carbonyl (C=O) groups excluding carboxylic acids is 2. The number of amides is 2. The number of halogens is 1. The first-order valence-corrected chi connectivity index (χ1v) is 6.98. The standard InChI is InChI=1S/C14H20ClN3O2/c1-3-18(4-2)14(20)10-16-9-13(19)17-12-7-5-11(15)6-8-12/h5-8,16H,3-4,9-10H2,1-2H3,(H,17,19). The van der Waals surface area contributed by atoms with Gasteiger partial charge in [0.2, 0.25) is 11.8 Å². The summed E-state index contributed by atoms with van der Waals surface area (Å²) in [7, 11) is 0. The van der Waals surface area contributed by atoms with Crippen molar-refractivity contribution in [3.8, 4) is 0 Å². The van der Waals surface area contributed by atoms with Crippen LogP contribution in [0.15, 0.2) is 24.3 Å². The van der Waals surface area contributed by atoms with Gasteiger partial charge in [0, 0.05) is 23.8 Å². The van der Waals surface area contributed by atoms with E-state index >= 15 is 0 Å². The van der Waals surface area contributed by atoms with Crippen LogP contribution >= 0.6 is 11.6 Å². The number of carbonyl (C=O) groups is 2. The minimum atomic E-state index is -0.195. The van der Waals surface area contributed by atoms with Crippen LogP contribution in [0, 0.1) is 0 Å². The number of benzene rings is 1. The number of rotatable bonds is 7. The molecule has 0 aromatic heterocycles. The Morgan fingerprint density at radius 3 is 2.25 bits per heavy atom. The summed E-state index contributed by atoms with van der Waals surface area (Å²) in [4.78, 5) is 25.1. The topological polar surface area (TPSA) is 61.4 Å². The Labute approximate surface area is 124 Å². The molecule has 0 bridgehead atoms. The zero-order valence-electron chi connectivity index (χ0n) is 11.8. The summed E-state index contributed by atoms with van der Waals surface area (Å²) in [5, 5.41) is 6.17. The van der Waals surface area contributed by atoms with E-state index < -0.39 is 0 Å². The summed E-state index contributed by atoms with van der Waals surface area (Å²) in [6.45, 7) is 5.45. The summed E-state index contributed by atoms with van der Waals surface area (Å²) >= 11 is 5.76. The van der Waals surface area contributed by atoms with Gasteiger partial charge in [0.15, 0.2) is 0 Å². The number of hydrogen-bond donors (Lipinski definition) is 2. The number of hydrogen-bond acceptors (Lipinski definition) is 3. The normalized spacial score (nSPS) is 10.2. The Kier molecular flexibility index (Phi) is 7.04. The van der Waals surface area contributed by atoms with Crippen molar-refractivity contribution in [1.82, 2.24) is 10.2 Å². The lowest BCUT2D eigenvalue weighted by Gasteiger charge is -2.18. The molecule has 1 aromatic rings. The molecule has 6 heteroatoms. The molecule has 20 heavy (non-hydrogen) atoms. The third-order valence-corrected chi connectivity index (χ3v) is 3.06. The Bertz CT molecular complexity index is 444. The highest BCUT2D eigenvalue weighted by molar-refractivity contribution is 6.30. The lowest BCUT2D eigenvalue weighted by atomic mass is 10.3. The van der Waals surface area contributed by atoms with E-state index in [-0.39, 0.29) is 24.9 Å². The molecular weight excluding hydrogens is 278 g/mol. The number of nitrogens with one attached hydrogen (secondary N) is 2. The maximum atomic E-state index is 11.7. The van der Waals surface area contributed by atoms with Crippen molar-refractivity contribution in [1.29, 1.82) is 0 Å². The minimum absolute atomic E-state index is 0.00528. The molecule has 110 valence electrons. The van der Waals surface area contributed by atoms with Crippen LogP contribution in [0.1, 0.15) is 13.8 Å². The molecule has 0 spiro atoms. The Hall–Kier alpha value is -1.59. The summed E-state index contributed by atoms with van der Waals surface area (Å²) < 4.78 is 0. The number of likely N-dealkylation sites (N-methyl/N-ethyl adjacent to an activating group) is 1. The van der Waals surface area contributed by atoms with E-state index in [4.69, 9.17) is 11.6 Å². The van der Waals surface area contributed by atoms with Gasteiger partial charge in [0.25, 0.3) is 0 Å². The van der Waals surface area contributed by atoms with Gasteiger partial charge >= 0.3 is 0 Å². The van der Waals surface area contributed by atoms with Crippen LogP contribution in [0.3, 0.4) is 0 Å². The highest BCUT2D eigenvalue weighted by Gasteiger charge is 2.09. The molecule has 1 aromatic carbocycles. The lowest BCUT2D eigenvalue weighted by molar-refractivity contribution is -0.129. The molecule has 0 saturated heterocycles. The zero-order valence-corrected chi connectivity index (χ0v) is 12.5. The predicted molar refractivity (Wildman–Crippen MR) is 80.9 cm³/mol. The highest BCUT2D eigenvalue weighted by Crippen LogP contribution is 2.12. The number of anilines is 1. The molecular formula is C14H20ClN3O2. The first-order valence-electron chi connectivity index (χ1n) is 6.60. The molecule has 0 aliphatic heterocycles. The summed E-state index contributed by atoms with van der Waals surface area (Å²) in [6, 6.07) is 6.85. The predicted octanol–water partition coefficient (Wildman–Crippen LogP) is 1.74. The van der Waals surface area contributed by atoms with Gasteiger partial charge in [-0.05, 0) is 38.1 Å². The molecule has 0 unspecified atom stereocenters. The molecule has 2 N–H and O–H groups in total. The molecule has 5 nitrogen and oxygen atoms in total. The van der Waals surface area contributed by atoms with Crippen molar-refractivity contribution in [2.45, 2.75) is 13.8 Å². The van der Waals surface area contributed by atoms with Gasteiger partial charge < -0.3 is 10.2 Å². The minimum Gasteiger partial charge on any atom is -0.342 e. The molecule has 0 radical (unpaired) electrons. The maximum absolute atomic E-state index is 11.7. The van der Waals surface area contributed by atoms with Gasteiger partial charge in [-0.15, -0.1) is 0 Å². The van der Waals surface area contributed by atoms with Crippen molar-refractivity contribution in [2.24, 2.45) is 0 Å². The Morgan fingerprint density at radius 2 is 1.70 bits per heavy atom. The van der Waals surface area contributed by atoms with Crippen LogP contribution in [0.5, 0.6) is 0 Å². The van der Waals surface area contributed by atoms with Crippen LogP contribution in [-0.4, -0.2) is 42.9 Å². The van der Waals surface area contributed by atoms with E-state index in [2.05, 4.69) is 10.6 Å². The second-order valence-corrected chi connectivity index (χ2v) is 4.66. The van der Waals surface area contributed by atoms with Crippen molar-refractivity contribution in [3.05, 3.63) is 29.3 Å². The molecule has 0 aliphatic rings. The van der Waals surface area contributed by atoms with Gasteiger partial charge in [-0.1, -0.05) is 11.6 Å². The highest BCUT2D eigenvalue weighted by atomic mass is 35.5. The maximum Gasteiger partial charge on any atom is 0.238 e. The van der Waals surface area contributed by atoms with E-state index in [1.807, 2.05) is 13.8 Å². The average molecular weight is 298 g/mol.